The molecule has 0 amide bonds. The maximum atomic E-state index is 13.0. The summed E-state index contributed by atoms with van der Waals surface area (Å²) in [5, 5.41) is 8.95. The topological polar surface area (TPSA) is 46.5 Å². The third-order valence-corrected chi connectivity index (χ3v) is 4.70. The molecule has 30 heavy (non-hydrogen) atoms. The van der Waals surface area contributed by atoms with E-state index in [0.717, 1.165) is 34.9 Å². The van der Waals surface area contributed by atoms with Crippen molar-refractivity contribution in [2.75, 3.05) is 7.11 Å². The SMILES string of the molecule is COc1ccc(-c2ccc(-c3cccc(C(F)(F)F)c3)c(C)c2)c(/C=C/C(=O)O)c1. The van der Waals surface area contributed by atoms with Crippen LogP contribution in [0.4, 0.5) is 13.2 Å². The molecule has 3 aromatic rings. The van der Waals surface area contributed by atoms with E-state index >= 15 is 0 Å². The van der Waals surface area contributed by atoms with Crippen LogP contribution in [0.1, 0.15) is 16.7 Å². The Kier molecular flexibility index (Phi) is 5.96. The minimum absolute atomic E-state index is 0.481. The van der Waals surface area contributed by atoms with Gasteiger partial charge >= 0.3 is 12.1 Å². The first kappa shape index (κ1) is 21.2. The average Bonchev–Trinajstić information content (AvgIpc) is 2.71. The van der Waals surface area contributed by atoms with Gasteiger partial charge in [0.1, 0.15) is 5.75 Å². The van der Waals surface area contributed by atoms with Crippen LogP contribution < -0.4 is 4.74 Å². The number of aliphatic carboxylic acids is 1. The van der Waals surface area contributed by atoms with Gasteiger partial charge in [-0.3, -0.25) is 0 Å². The Hall–Kier alpha value is -3.54. The van der Waals surface area contributed by atoms with Crippen molar-refractivity contribution in [1.29, 1.82) is 0 Å². The zero-order valence-electron chi connectivity index (χ0n) is 16.3. The molecule has 0 saturated heterocycles. The molecule has 0 saturated carbocycles. The highest BCUT2D eigenvalue weighted by Gasteiger charge is 2.30. The van der Waals surface area contributed by atoms with Gasteiger partial charge in [0.05, 0.1) is 12.7 Å². The second kappa shape index (κ2) is 8.45. The van der Waals surface area contributed by atoms with Gasteiger partial charge in [-0.15, -0.1) is 0 Å². The van der Waals surface area contributed by atoms with Crippen molar-refractivity contribution >= 4 is 12.0 Å². The highest BCUT2D eigenvalue weighted by atomic mass is 19.4. The van der Waals surface area contributed by atoms with Crippen LogP contribution in [0.5, 0.6) is 5.75 Å². The number of ether oxygens (including phenoxy) is 1. The molecular formula is C24H19F3O3. The van der Waals surface area contributed by atoms with Crippen LogP contribution in [0.15, 0.2) is 66.7 Å². The molecule has 0 aliphatic rings. The molecule has 1 N–H and O–H groups in total. The average molecular weight is 412 g/mol. The Labute approximate surface area is 172 Å². The minimum Gasteiger partial charge on any atom is -0.497 e. The predicted octanol–water partition coefficient (Wildman–Crippen LogP) is 6.45. The Bertz CT molecular complexity index is 1110. The summed E-state index contributed by atoms with van der Waals surface area (Å²) in [6.07, 6.45) is -1.88. The van der Waals surface area contributed by atoms with Gasteiger partial charge in [-0.2, -0.15) is 13.2 Å². The normalized spacial score (nSPS) is 11.6. The summed E-state index contributed by atoms with van der Waals surface area (Å²) in [5.41, 5.74) is 3.54. The standard InChI is InChI=1S/C24H19F3O3/c1-15-12-17(22-10-8-20(30-2)14-18(22)7-11-23(28)29)6-9-21(15)16-4-3-5-19(13-16)24(25,26)27/h3-14H,1-2H3,(H,28,29)/b11-7+. The maximum absolute atomic E-state index is 13.0. The van der Waals surface area contributed by atoms with E-state index in [4.69, 9.17) is 9.84 Å². The van der Waals surface area contributed by atoms with Crippen molar-refractivity contribution in [3.63, 3.8) is 0 Å². The van der Waals surface area contributed by atoms with Crippen LogP contribution in [-0.4, -0.2) is 18.2 Å². The third kappa shape index (κ3) is 4.71. The molecule has 154 valence electrons. The summed E-state index contributed by atoms with van der Waals surface area (Å²) in [7, 11) is 1.52. The van der Waals surface area contributed by atoms with Gasteiger partial charge in [0, 0.05) is 6.08 Å². The first-order valence-electron chi connectivity index (χ1n) is 9.07. The first-order chi connectivity index (χ1) is 14.2. The summed E-state index contributed by atoms with van der Waals surface area (Å²) in [6, 6.07) is 16.0. The lowest BCUT2D eigenvalue weighted by Crippen LogP contribution is -2.04. The van der Waals surface area contributed by atoms with Crippen LogP contribution >= 0.6 is 0 Å². The van der Waals surface area contributed by atoms with Crippen LogP contribution in [0.3, 0.4) is 0 Å². The lowest BCUT2D eigenvalue weighted by molar-refractivity contribution is -0.137. The Balaban J connectivity index is 2.05. The number of carbonyl (C=O) groups is 1. The number of halogens is 3. The van der Waals surface area contributed by atoms with Gasteiger partial charge in [0.2, 0.25) is 0 Å². The summed E-state index contributed by atoms with van der Waals surface area (Å²) >= 11 is 0. The fourth-order valence-electron chi connectivity index (χ4n) is 3.25. The van der Waals surface area contributed by atoms with Gasteiger partial charge in [-0.05, 0) is 70.6 Å². The van der Waals surface area contributed by atoms with Crippen molar-refractivity contribution < 1.29 is 27.8 Å². The molecule has 0 bridgehead atoms. The molecule has 0 radical (unpaired) electrons. The van der Waals surface area contributed by atoms with Gasteiger partial charge in [-0.25, -0.2) is 4.79 Å². The molecule has 3 nitrogen and oxygen atoms in total. The number of alkyl halides is 3. The van der Waals surface area contributed by atoms with Crippen molar-refractivity contribution in [1.82, 2.24) is 0 Å². The Morgan fingerprint density at radius 2 is 1.67 bits per heavy atom. The predicted molar refractivity (Wildman–Crippen MR) is 110 cm³/mol. The van der Waals surface area contributed by atoms with E-state index in [-0.39, 0.29) is 0 Å². The summed E-state index contributed by atoms with van der Waals surface area (Å²) in [5.74, 6) is -0.485. The van der Waals surface area contributed by atoms with Crippen molar-refractivity contribution in [3.05, 3.63) is 83.4 Å². The summed E-state index contributed by atoms with van der Waals surface area (Å²) in [6.45, 7) is 1.83. The van der Waals surface area contributed by atoms with E-state index in [9.17, 15) is 18.0 Å². The van der Waals surface area contributed by atoms with Crippen molar-refractivity contribution in [3.8, 4) is 28.0 Å². The van der Waals surface area contributed by atoms with Crippen molar-refractivity contribution in [2.24, 2.45) is 0 Å². The van der Waals surface area contributed by atoms with E-state index in [1.165, 1.54) is 19.3 Å². The molecule has 0 aromatic heterocycles. The first-order valence-corrected chi connectivity index (χ1v) is 9.07. The van der Waals surface area contributed by atoms with E-state index in [1.807, 2.05) is 25.1 Å². The number of aryl methyl sites for hydroxylation is 1. The van der Waals surface area contributed by atoms with E-state index < -0.39 is 17.7 Å². The second-order valence-corrected chi connectivity index (χ2v) is 6.73. The van der Waals surface area contributed by atoms with Crippen molar-refractivity contribution in [2.45, 2.75) is 13.1 Å². The molecule has 6 heteroatoms. The summed E-state index contributed by atoms with van der Waals surface area (Å²) in [4.78, 5) is 10.9. The van der Waals surface area contributed by atoms with Gasteiger partial charge in [0.15, 0.2) is 0 Å². The molecule has 0 aliphatic heterocycles. The molecular weight excluding hydrogens is 393 g/mol. The van der Waals surface area contributed by atoms with Crippen LogP contribution in [0.2, 0.25) is 0 Å². The lowest BCUT2D eigenvalue weighted by Gasteiger charge is -2.14. The molecule has 0 heterocycles. The molecule has 0 fully saturated rings. The minimum atomic E-state index is -4.40. The van der Waals surface area contributed by atoms with Crippen LogP contribution in [-0.2, 0) is 11.0 Å². The highest BCUT2D eigenvalue weighted by molar-refractivity contribution is 5.88. The molecule has 0 spiro atoms. The number of hydrogen-bond donors (Lipinski definition) is 1. The number of benzene rings is 3. The maximum Gasteiger partial charge on any atom is 0.416 e. The van der Waals surface area contributed by atoms with Gasteiger partial charge in [0.25, 0.3) is 0 Å². The van der Waals surface area contributed by atoms with Gasteiger partial charge in [-0.1, -0.05) is 36.4 Å². The molecule has 0 atom stereocenters. The number of hydrogen-bond acceptors (Lipinski definition) is 2. The monoisotopic (exact) mass is 412 g/mol. The molecule has 0 unspecified atom stereocenters. The molecule has 3 rings (SSSR count). The Morgan fingerprint density at radius 3 is 2.30 bits per heavy atom. The molecule has 0 aliphatic carbocycles. The fourth-order valence-corrected chi connectivity index (χ4v) is 3.25. The zero-order chi connectivity index (χ0) is 21.9. The largest absolute Gasteiger partial charge is 0.497 e. The summed E-state index contributed by atoms with van der Waals surface area (Å²) < 4.78 is 44.4. The van der Waals surface area contributed by atoms with Gasteiger partial charge < -0.3 is 9.84 Å². The quantitative estimate of drug-likeness (QED) is 0.490. The third-order valence-electron chi connectivity index (χ3n) is 4.70. The van der Waals surface area contributed by atoms with Crippen LogP contribution in [0, 0.1) is 6.92 Å². The number of carboxylic acids is 1. The van der Waals surface area contributed by atoms with Crippen LogP contribution in [0.25, 0.3) is 28.3 Å². The fraction of sp³-hybridized carbons (Fsp3) is 0.125. The molecule has 3 aromatic carbocycles. The van der Waals surface area contributed by atoms with E-state index in [2.05, 4.69) is 0 Å². The van der Waals surface area contributed by atoms with E-state index in [1.54, 1.807) is 24.3 Å². The highest BCUT2D eigenvalue weighted by Crippen LogP contribution is 2.35. The number of carboxylic acid groups (broad SMARTS) is 1. The lowest BCUT2D eigenvalue weighted by atomic mass is 9.93. The number of rotatable bonds is 5. The smallest absolute Gasteiger partial charge is 0.416 e. The zero-order valence-corrected chi connectivity index (χ0v) is 16.3. The Morgan fingerprint density at radius 1 is 0.967 bits per heavy atom. The second-order valence-electron chi connectivity index (χ2n) is 6.73. The number of methoxy groups -OCH3 is 1. The van der Waals surface area contributed by atoms with E-state index in [0.29, 0.717) is 22.4 Å².